The first-order valence-corrected chi connectivity index (χ1v) is 5.70. The van der Waals surface area contributed by atoms with Crippen LogP contribution in [0.4, 0.5) is 0 Å². The van der Waals surface area contributed by atoms with Crippen molar-refractivity contribution in [3.63, 3.8) is 0 Å². The van der Waals surface area contributed by atoms with Gasteiger partial charge in [-0.15, -0.1) is 0 Å². The molecule has 1 aromatic rings. The van der Waals surface area contributed by atoms with Gasteiger partial charge in [0.25, 0.3) is 0 Å². The highest BCUT2D eigenvalue weighted by molar-refractivity contribution is 5.89. The van der Waals surface area contributed by atoms with E-state index in [9.17, 15) is 9.59 Å². The average Bonchev–Trinajstić information content (AvgIpc) is 2.31. The van der Waals surface area contributed by atoms with Gasteiger partial charge in [0.15, 0.2) is 5.78 Å². The van der Waals surface area contributed by atoms with Gasteiger partial charge in [0.2, 0.25) is 5.91 Å². The summed E-state index contributed by atoms with van der Waals surface area (Å²) in [4.78, 5) is 22.6. The van der Waals surface area contributed by atoms with Crippen LogP contribution < -0.4 is 11.1 Å². The molecule has 5 heteroatoms. The third-order valence-electron chi connectivity index (χ3n) is 2.66. The number of aromatic hydroxyl groups is 1. The maximum atomic E-state index is 11.6. The first-order chi connectivity index (χ1) is 8.40. The molecule has 0 saturated heterocycles. The summed E-state index contributed by atoms with van der Waals surface area (Å²) in [5, 5.41) is 11.6. The molecule has 0 aliphatic rings. The second kappa shape index (κ2) is 6.16. The van der Waals surface area contributed by atoms with Gasteiger partial charge in [0, 0.05) is 0 Å². The van der Waals surface area contributed by atoms with Crippen LogP contribution in [0.25, 0.3) is 0 Å². The molecule has 1 rings (SSSR count). The fourth-order valence-electron chi connectivity index (χ4n) is 1.38. The molecule has 97 valence electrons. The average molecular weight is 249 g/mol. The molecule has 5 nitrogen and oxygen atoms in total. The standard InChI is InChI=1S/C13H17N2O3/c1-8(9(2)16)15-13(18)12(14)7-10-3-5-11(17)6-4-10/h3-6,8,12,14,17H,7H2,1-2H3,(H,15,18)/t8-,12?/m1/s1. The van der Waals surface area contributed by atoms with E-state index in [0.717, 1.165) is 5.56 Å². The third kappa shape index (κ3) is 4.18. The predicted octanol–water partition coefficient (Wildman–Crippen LogP) is 0.680. The van der Waals surface area contributed by atoms with Gasteiger partial charge in [-0.3, -0.25) is 9.59 Å². The summed E-state index contributed by atoms with van der Waals surface area (Å²) in [7, 11) is 0. The smallest absolute Gasteiger partial charge is 0.239 e. The number of ketones is 1. The minimum Gasteiger partial charge on any atom is -0.508 e. The number of hydrogen-bond donors (Lipinski definition) is 2. The van der Waals surface area contributed by atoms with Crippen LogP contribution in [0.3, 0.4) is 0 Å². The fraction of sp³-hybridized carbons (Fsp3) is 0.385. The monoisotopic (exact) mass is 249 g/mol. The number of carbonyl (C=O) groups is 2. The Labute approximate surface area is 106 Å². The summed E-state index contributed by atoms with van der Waals surface area (Å²) in [6, 6.07) is 4.83. The van der Waals surface area contributed by atoms with Crippen LogP contribution in [-0.4, -0.2) is 28.9 Å². The number of Topliss-reactive ketones (excluding diaryl/α,β-unsaturated/α-hetero) is 1. The largest absolute Gasteiger partial charge is 0.508 e. The Morgan fingerprint density at radius 3 is 2.39 bits per heavy atom. The SMILES string of the molecule is CC(=O)[C@@H](C)NC(=O)C([NH])Cc1ccc(O)cc1. The van der Waals surface area contributed by atoms with Crippen LogP contribution in [0.15, 0.2) is 24.3 Å². The van der Waals surface area contributed by atoms with Crippen molar-refractivity contribution in [1.29, 1.82) is 0 Å². The van der Waals surface area contributed by atoms with Crippen molar-refractivity contribution in [3.05, 3.63) is 29.8 Å². The van der Waals surface area contributed by atoms with Gasteiger partial charge >= 0.3 is 0 Å². The van der Waals surface area contributed by atoms with Gasteiger partial charge in [0.1, 0.15) is 11.8 Å². The number of hydrogen-bond acceptors (Lipinski definition) is 3. The van der Waals surface area contributed by atoms with E-state index in [1.54, 1.807) is 19.1 Å². The van der Waals surface area contributed by atoms with Gasteiger partial charge in [-0.1, -0.05) is 12.1 Å². The lowest BCUT2D eigenvalue weighted by Crippen LogP contribution is -2.44. The molecule has 0 fully saturated rings. The summed E-state index contributed by atoms with van der Waals surface area (Å²) in [6.07, 6.45) is 0.247. The molecule has 0 saturated carbocycles. The van der Waals surface area contributed by atoms with Crippen molar-refractivity contribution in [2.75, 3.05) is 0 Å². The number of phenolic OH excluding ortho intramolecular Hbond substituents is 1. The number of benzene rings is 1. The van der Waals surface area contributed by atoms with Crippen LogP contribution in [0.1, 0.15) is 19.4 Å². The minimum atomic E-state index is -0.962. The van der Waals surface area contributed by atoms with E-state index in [1.165, 1.54) is 19.1 Å². The highest BCUT2D eigenvalue weighted by Gasteiger charge is 2.18. The Balaban J connectivity index is 2.54. The number of carbonyl (C=O) groups excluding carboxylic acids is 2. The summed E-state index contributed by atoms with van der Waals surface area (Å²) in [6.45, 7) is 2.98. The third-order valence-corrected chi connectivity index (χ3v) is 2.66. The Morgan fingerprint density at radius 2 is 1.89 bits per heavy atom. The summed E-state index contributed by atoms with van der Waals surface area (Å²) >= 11 is 0. The number of nitrogens with one attached hydrogen (secondary N) is 2. The zero-order valence-electron chi connectivity index (χ0n) is 10.4. The predicted molar refractivity (Wildman–Crippen MR) is 67.0 cm³/mol. The normalized spacial score (nSPS) is 13.7. The number of rotatable bonds is 5. The van der Waals surface area contributed by atoms with Gasteiger partial charge in [-0.25, -0.2) is 5.73 Å². The van der Waals surface area contributed by atoms with Crippen LogP contribution in [0.2, 0.25) is 0 Å². The van der Waals surface area contributed by atoms with Gasteiger partial charge < -0.3 is 10.4 Å². The quantitative estimate of drug-likeness (QED) is 0.804. The van der Waals surface area contributed by atoms with Crippen LogP contribution in [0, 0.1) is 0 Å². The van der Waals surface area contributed by atoms with Crippen molar-refractivity contribution >= 4 is 11.7 Å². The lowest BCUT2D eigenvalue weighted by molar-refractivity contribution is -0.127. The molecule has 1 amide bonds. The molecule has 0 aliphatic carbocycles. The van der Waals surface area contributed by atoms with Crippen molar-refractivity contribution in [2.45, 2.75) is 32.4 Å². The van der Waals surface area contributed by atoms with Crippen molar-refractivity contribution < 1.29 is 14.7 Å². The minimum absolute atomic E-state index is 0.139. The molecule has 0 aromatic heterocycles. The zero-order valence-corrected chi connectivity index (χ0v) is 10.4. The second-order valence-corrected chi connectivity index (χ2v) is 4.26. The topological polar surface area (TPSA) is 90.2 Å². The van der Waals surface area contributed by atoms with Crippen molar-refractivity contribution in [3.8, 4) is 5.75 Å². The summed E-state index contributed by atoms with van der Waals surface area (Å²) in [5.74, 6) is -0.458. The zero-order chi connectivity index (χ0) is 13.7. The molecule has 1 unspecified atom stereocenters. The molecular formula is C13H17N2O3. The second-order valence-electron chi connectivity index (χ2n) is 4.26. The molecule has 0 spiro atoms. The molecule has 1 radical (unpaired) electrons. The lowest BCUT2D eigenvalue weighted by Gasteiger charge is -2.15. The van der Waals surface area contributed by atoms with E-state index in [4.69, 9.17) is 10.8 Å². The maximum absolute atomic E-state index is 11.6. The highest BCUT2D eigenvalue weighted by Crippen LogP contribution is 2.11. The van der Waals surface area contributed by atoms with E-state index in [-0.39, 0.29) is 18.0 Å². The Bertz CT molecular complexity index is 428. The molecule has 1 aromatic carbocycles. The van der Waals surface area contributed by atoms with E-state index in [0.29, 0.717) is 0 Å². The maximum Gasteiger partial charge on any atom is 0.239 e. The lowest BCUT2D eigenvalue weighted by atomic mass is 10.1. The molecule has 0 bridgehead atoms. The van der Waals surface area contributed by atoms with E-state index in [2.05, 4.69) is 5.32 Å². The van der Waals surface area contributed by atoms with Crippen LogP contribution in [-0.2, 0) is 16.0 Å². The summed E-state index contributed by atoms with van der Waals surface area (Å²) < 4.78 is 0. The number of amides is 1. The van der Waals surface area contributed by atoms with Crippen LogP contribution >= 0.6 is 0 Å². The molecule has 0 heterocycles. The van der Waals surface area contributed by atoms with E-state index in [1.807, 2.05) is 0 Å². The number of phenols is 1. The van der Waals surface area contributed by atoms with Crippen molar-refractivity contribution in [2.24, 2.45) is 0 Å². The molecule has 18 heavy (non-hydrogen) atoms. The highest BCUT2D eigenvalue weighted by atomic mass is 16.3. The first-order valence-electron chi connectivity index (χ1n) is 5.70. The first kappa shape index (κ1) is 14.2. The van der Waals surface area contributed by atoms with Gasteiger partial charge in [-0.05, 0) is 38.0 Å². The molecule has 0 aliphatic heterocycles. The molecule has 2 atom stereocenters. The van der Waals surface area contributed by atoms with E-state index >= 15 is 0 Å². The Hall–Kier alpha value is -1.88. The molecule has 3 N–H and O–H groups in total. The summed E-state index contributed by atoms with van der Waals surface area (Å²) in [5.41, 5.74) is 8.51. The van der Waals surface area contributed by atoms with Crippen molar-refractivity contribution in [1.82, 2.24) is 11.1 Å². The Morgan fingerprint density at radius 1 is 1.33 bits per heavy atom. The van der Waals surface area contributed by atoms with Crippen LogP contribution in [0.5, 0.6) is 5.75 Å². The fourth-order valence-corrected chi connectivity index (χ4v) is 1.38. The van der Waals surface area contributed by atoms with Gasteiger partial charge in [-0.2, -0.15) is 0 Å². The van der Waals surface area contributed by atoms with E-state index < -0.39 is 18.0 Å². The molecular weight excluding hydrogens is 232 g/mol. The van der Waals surface area contributed by atoms with Gasteiger partial charge in [0.05, 0.1) is 6.04 Å². The Kier molecular flexibility index (Phi) is 4.85.